The number of thioether (sulfide) groups is 1. The van der Waals surface area contributed by atoms with Gasteiger partial charge in [0.05, 0.1) is 6.61 Å². The molecule has 2 heterocycles. The largest absolute Gasteiger partial charge is 0.504 e. The Balaban J connectivity index is 1.48. The Morgan fingerprint density at radius 3 is 2.71 bits per heavy atom. The molecular weight excluding hydrogens is 448 g/mol. The molecule has 0 aliphatic carbocycles. The summed E-state index contributed by atoms with van der Waals surface area (Å²) in [5.41, 5.74) is 5.49. The van der Waals surface area contributed by atoms with Crippen molar-refractivity contribution in [3.05, 3.63) is 83.4 Å². The lowest BCUT2D eigenvalue weighted by molar-refractivity contribution is 0.224. The number of fused-ring (bicyclic) bond motifs is 3. The van der Waals surface area contributed by atoms with E-state index in [-0.39, 0.29) is 5.75 Å². The van der Waals surface area contributed by atoms with E-state index in [1.165, 1.54) is 22.9 Å². The van der Waals surface area contributed by atoms with Gasteiger partial charge in [0.1, 0.15) is 0 Å². The SMILES string of the molecule is CCOc1cc([C@H]2Nc3ccccc3-c3nnc(SCc4ccc(C)cc4)nc3O2)ccc1O. The third kappa shape index (κ3) is 4.63. The number of anilines is 1. The van der Waals surface area contributed by atoms with Gasteiger partial charge in [0.2, 0.25) is 11.0 Å². The number of hydrogen-bond donors (Lipinski definition) is 2. The van der Waals surface area contributed by atoms with E-state index >= 15 is 0 Å². The molecule has 1 aliphatic heterocycles. The van der Waals surface area contributed by atoms with Crippen LogP contribution in [0.5, 0.6) is 17.4 Å². The van der Waals surface area contributed by atoms with Crippen LogP contribution in [-0.4, -0.2) is 26.9 Å². The molecule has 1 aliphatic rings. The van der Waals surface area contributed by atoms with Crippen molar-refractivity contribution >= 4 is 17.4 Å². The molecule has 1 aromatic heterocycles. The third-order valence-corrected chi connectivity index (χ3v) is 6.32. The summed E-state index contributed by atoms with van der Waals surface area (Å²) in [6.07, 6.45) is -0.561. The summed E-state index contributed by atoms with van der Waals surface area (Å²) in [5, 5.41) is 22.9. The van der Waals surface area contributed by atoms with Crippen LogP contribution in [-0.2, 0) is 5.75 Å². The molecule has 4 aromatic rings. The van der Waals surface area contributed by atoms with Crippen molar-refractivity contribution in [1.29, 1.82) is 0 Å². The van der Waals surface area contributed by atoms with Crippen LogP contribution in [0, 0.1) is 6.92 Å². The van der Waals surface area contributed by atoms with E-state index in [1.807, 2.05) is 31.2 Å². The summed E-state index contributed by atoms with van der Waals surface area (Å²) < 4.78 is 11.9. The van der Waals surface area contributed by atoms with Gasteiger partial charge in [-0.3, -0.25) is 0 Å². The summed E-state index contributed by atoms with van der Waals surface area (Å²) in [6, 6.07) is 21.4. The van der Waals surface area contributed by atoms with Gasteiger partial charge in [-0.2, -0.15) is 4.98 Å². The van der Waals surface area contributed by atoms with E-state index in [4.69, 9.17) is 14.5 Å². The number of benzene rings is 3. The number of aromatic nitrogens is 3. The first kappa shape index (κ1) is 22.0. The van der Waals surface area contributed by atoms with E-state index in [9.17, 15) is 5.11 Å². The number of phenolic OH excluding ortho intramolecular Hbond substituents is 1. The van der Waals surface area contributed by atoms with E-state index in [0.29, 0.717) is 29.1 Å². The second kappa shape index (κ2) is 9.61. The number of aromatic hydroxyl groups is 1. The first-order valence-corrected chi connectivity index (χ1v) is 12.0. The first-order chi connectivity index (χ1) is 16.6. The van der Waals surface area contributed by atoms with Crippen LogP contribution < -0.4 is 14.8 Å². The maximum absolute atomic E-state index is 10.1. The predicted octanol–water partition coefficient (Wildman–Crippen LogP) is 5.75. The summed E-state index contributed by atoms with van der Waals surface area (Å²) in [5.74, 6) is 1.61. The van der Waals surface area contributed by atoms with E-state index in [2.05, 4.69) is 46.7 Å². The predicted molar refractivity (Wildman–Crippen MR) is 132 cm³/mol. The molecule has 8 heteroatoms. The molecule has 172 valence electrons. The van der Waals surface area contributed by atoms with Crippen molar-refractivity contribution in [3.8, 4) is 28.6 Å². The molecule has 0 radical (unpaired) electrons. The third-order valence-electron chi connectivity index (χ3n) is 5.41. The zero-order chi connectivity index (χ0) is 23.5. The Hall–Kier alpha value is -3.78. The highest BCUT2D eigenvalue weighted by atomic mass is 32.2. The molecule has 7 nitrogen and oxygen atoms in total. The van der Waals surface area contributed by atoms with Crippen molar-refractivity contribution in [1.82, 2.24) is 15.2 Å². The van der Waals surface area contributed by atoms with Crippen molar-refractivity contribution in [2.45, 2.75) is 31.0 Å². The lowest BCUT2D eigenvalue weighted by Crippen LogP contribution is -2.17. The fourth-order valence-electron chi connectivity index (χ4n) is 3.66. The highest BCUT2D eigenvalue weighted by molar-refractivity contribution is 7.98. The molecule has 0 amide bonds. The molecule has 1 atom stereocenters. The van der Waals surface area contributed by atoms with Gasteiger partial charge in [-0.15, -0.1) is 10.2 Å². The monoisotopic (exact) mass is 472 g/mol. The Bertz CT molecular complexity index is 1310. The lowest BCUT2D eigenvalue weighted by Gasteiger charge is -2.20. The minimum absolute atomic E-state index is 0.0822. The topological polar surface area (TPSA) is 89.4 Å². The maximum atomic E-state index is 10.1. The lowest BCUT2D eigenvalue weighted by atomic mass is 10.1. The van der Waals surface area contributed by atoms with Gasteiger partial charge in [0.25, 0.3) is 0 Å². The zero-order valence-corrected chi connectivity index (χ0v) is 19.7. The van der Waals surface area contributed by atoms with Gasteiger partial charge in [0.15, 0.2) is 23.4 Å². The van der Waals surface area contributed by atoms with Crippen molar-refractivity contribution in [2.24, 2.45) is 0 Å². The second-order valence-electron chi connectivity index (χ2n) is 7.87. The van der Waals surface area contributed by atoms with Gasteiger partial charge < -0.3 is 19.9 Å². The Kier molecular flexibility index (Phi) is 6.22. The van der Waals surface area contributed by atoms with Gasteiger partial charge in [-0.1, -0.05) is 59.8 Å². The first-order valence-electron chi connectivity index (χ1n) is 11.0. The van der Waals surface area contributed by atoms with Crippen LogP contribution in [0.3, 0.4) is 0 Å². The number of hydrogen-bond acceptors (Lipinski definition) is 8. The fraction of sp³-hybridized carbons (Fsp3) is 0.192. The van der Waals surface area contributed by atoms with Crippen LogP contribution in [0.2, 0.25) is 0 Å². The molecule has 0 saturated carbocycles. The molecule has 34 heavy (non-hydrogen) atoms. The van der Waals surface area contributed by atoms with E-state index < -0.39 is 6.23 Å². The molecule has 0 spiro atoms. The van der Waals surface area contributed by atoms with Crippen LogP contribution in [0.15, 0.2) is 71.9 Å². The van der Waals surface area contributed by atoms with Gasteiger partial charge in [-0.05, 0) is 43.7 Å². The number of phenols is 1. The van der Waals surface area contributed by atoms with Gasteiger partial charge in [-0.25, -0.2) is 0 Å². The summed E-state index contributed by atoms with van der Waals surface area (Å²) in [6.45, 7) is 4.39. The highest BCUT2D eigenvalue weighted by Crippen LogP contribution is 2.40. The van der Waals surface area contributed by atoms with E-state index in [1.54, 1.807) is 18.2 Å². The molecule has 2 N–H and O–H groups in total. The molecule has 3 aromatic carbocycles. The summed E-state index contributed by atoms with van der Waals surface area (Å²) in [4.78, 5) is 4.70. The van der Waals surface area contributed by atoms with Crippen molar-refractivity contribution in [3.63, 3.8) is 0 Å². The van der Waals surface area contributed by atoms with Gasteiger partial charge in [0, 0.05) is 22.6 Å². The molecule has 0 fully saturated rings. The number of rotatable bonds is 6. The average molecular weight is 473 g/mol. The summed E-state index contributed by atoms with van der Waals surface area (Å²) in [7, 11) is 0. The number of ether oxygens (including phenoxy) is 2. The van der Waals surface area contributed by atoms with Crippen LogP contribution in [0.4, 0.5) is 5.69 Å². The van der Waals surface area contributed by atoms with Crippen molar-refractivity contribution in [2.75, 3.05) is 11.9 Å². The second-order valence-corrected chi connectivity index (χ2v) is 8.81. The normalized spacial score (nSPS) is 14.2. The molecule has 0 unspecified atom stereocenters. The van der Waals surface area contributed by atoms with Gasteiger partial charge >= 0.3 is 0 Å². The quantitative estimate of drug-likeness (QED) is 0.343. The molecule has 5 rings (SSSR count). The van der Waals surface area contributed by atoms with Crippen LogP contribution in [0.1, 0.15) is 29.8 Å². The number of para-hydroxylation sites is 1. The standard InChI is InChI=1S/C26H24N4O3S/c1-3-32-22-14-18(12-13-21(22)31)24-27-20-7-5-4-6-19(20)23-25(33-24)28-26(30-29-23)34-15-17-10-8-16(2)9-11-17/h4-14,24,27,31H,3,15H2,1-2H3/t24-/m0/s1. The Labute approximate surface area is 202 Å². The minimum atomic E-state index is -0.561. The van der Waals surface area contributed by atoms with Crippen molar-refractivity contribution < 1.29 is 14.6 Å². The number of nitrogens with one attached hydrogen (secondary N) is 1. The maximum Gasteiger partial charge on any atom is 0.247 e. The van der Waals surface area contributed by atoms with Crippen LogP contribution in [0.25, 0.3) is 11.3 Å². The highest BCUT2D eigenvalue weighted by Gasteiger charge is 2.26. The summed E-state index contributed by atoms with van der Waals surface area (Å²) >= 11 is 1.51. The number of nitrogens with zero attached hydrogens (tertiary/aromatic N) is 3. The van der Waals surface area contributed by atoms with E-state index in [0.717, 1.165) is 22.6 Å². The Morgan fingerprint density at radius 2 is 1.88 bits per heavy atom. The average Bonchev–Trinajstić information content (AvgIpc) is 3.02. The van der Waals surface area contributed by atoms with Crippen LogP contribution >= 0.6 is 11.8 Å². The minimum Gasteiger partial charge on any atom is -0.504 e. The molecular formula is C26H24N4O3S. The smallest absolute Gasteiger partial charge is 0.247 e. The fourth-order valence-corrected chi connectivity index (χ4v) is 4.39. The Morgan fingerprint density at radius 1 is 1.06 bits per heavy atom. The molecule has 0 bridgehead atoms. The number of aryl methyl sites for hydroxylation is 1. The zero-order valence-electron chi connectivity index (χ0n) is 18.9. The molecule has 0 saturated heterocycles.